The minimum absolute atomic E-state index is 0.0193. The Morgan fingerprint density at radius 1 is 1.00 bits per heavy atom. The lowest BCUT2D eigenvalue weighted by Gasteiger charge is -2.25. The van der Waals surface area contributed by atoms with E-state index in [9.17, 15) is 29.4 Å². The van der Waals surface area contributed by atoms with Crippen LogP contribution in [0.15, 0.2) is 0 Å². The Bertz CT molecular complexity index is 454. The maximum atomic E-state index is 11.7. The van der Waals surface area contributed by atoms with Crippen LogP contribution in [-0.4, -0.2) is 85.8 Å². The third-order valence-corrected chi connectivity index (χ3v) is 4.48. The van der Waals surface area contributed by atoms with Crippen molar-refractivity contribution in [3.8, 4) is 0 Å². The van der Waals surface area contributed by atoms with Crippen molar-refractivity contribution in [3.05, 3.63) is 0 Å². The molecule has 0 aliphatic heterocycles. The number of aliphatic hydroxyl groups is 1. The Morgan fingerprint density at radius 3 is 2.00 bits per heavy atom. The summed E-state index contributed by atoms with van der Waals surface area (Å²) in [6, 6.07) is -1.25. The van der Waals surface area contributed by atoms with Gasteiger partial charge in [0.05, 0.1) is 24.9 Å². The number of rotatable bonds is 15. The van der Waals surface area contributed by atoms with Crippen LogP contribution in [0.1, 0.15) is 32.6 Å². The molecule has 4 N–H and O–H groups in total. The number of nitrogens with zero attached hydrogens (tertiary/aromatic N) is 1. The van der Waals surface area contributed by atoms with Gasteiger partial charge in [-0.25, -0.2) is 0 Å². The molecular formula is C15H25NO8S. The molecule has 0 aliphatic carbocycles. The summed E-state index contributed by atoms with van der Waals surface area (Å²) >= 11 is 1.21. The molecule has 0 saturated carbocycles. The summed E-state index contributed by atoms with van der Waals surface area (Å²) in [5.74, 6) is -3.55. The predicted molar refractivity (Wildman–Crippen MR) is 90.7 cm³/mol. The lowest BCUT2D eigenvalue weighted by atomic mass is 10.1. The van der Waals surface area contributed by atoms with Gasteiger partial charge in [0.1, 0.15) is 11.8 Å². The van der Waals surface area contributed by atoms with Crippen molar-refractivity contribution in [1.82, 2.24) is 4.90 Å². The normalized spacial score (nSPS) is 13.4. The molecule has 25 heavy (non-hydrogen) atoms. The monoisotopic (exact) mass is 379 g/mol. The van der Waals surface area contributed by atoms with E-state index >= 15 is 0 Å². The highest BCUT2D eigenvalue weighted by Crippen LogP contribution is 2.13. The molecule has 2 unspecified atom stereocenters. The molecule has 9 nitrogen and oxygen atoms in total. The molecule has 0 amide bonds. The average Bonchev–Trinajstić information content (AvgIpc) is 2.50. The van der Waals surface area contributed by atoms with Gasteiger partial charge >= 0.3 is 17.9 Å². The van der Waals surface area contributed by atoms with E-state index < -0.39 is 43.1 Å². The Morgan fingerprint density at radius 2 is 1.56 bits per heavy atom. The van der Waals surface area contributed by atoms with Crippen LogP contribution >= 0.6 is 11.8 Å². The summed E-state index contributed by atoms with van der Waals surface area (Å²) < 4.78 is 0. The zero-order valence-electron chi connectivity index (χ0n) is 14.1. The van der Waals surface area contributed by atoms with Crippen molar-refractivity contribution in [2.45, 2.75) is 44.8 Å². The van der Waals surface area contributed by atoms with Gasteiger partial charge in [-0.1, -0.05) is 6.92 Å². The van der Waals surface area contributed by atoms with Crippen LogP contribution in [0.25, 0.3) is 0 Å². The van der Waals surface area contributed by atoms with Crippen LogP contribution in [-0.2, 0) is 19.2 Å². The Balaban J connectivity index is 4.42. The molecule has 0 fully saturated rings. The van der Waals surface area contributed by atoms with E-state index in [0.717, 1.165) is 4.90 Å². The molecule has 0 spiro atoms. The standard InChI is InChI=1S/C15H25NO8S/c1-2-10(17)3-4-11(18)9-25-6-5-12(15(23)24)16(7-13(19)20)8-14(21)22/h10,12,17H,2-9H2,1H3,(H,19,20)(H,21,22)(H,23,24). The molecule has 0 aliphatic rings. The summed E-state index contributed by atoms with van der Waals surface area (Å²) in [7, 11) is 0. The van der Waals surface area contributed by atoms with Gasteiger partial charge in [-0.05, 0) is 25.0 Å². The van der Waals surface area contributed by atoms with E-state index in [-0.39, 0.29) is 30.1 Å². The number of hydrogen-bond donors (Lipinski definition) is 4. The Kier molecular flexibility index (Phi) is 11.8. The Hall–Kier alpha value is -1.65. The van der Waals surface area contributed by atoms with Crippen molar-refractivity contribution >= 4 is 35.5 Å². The molecule has 0 radical (unpaired) electrons. The summed E-state index contributed by atoms with van der Waals surface area (Å²) in [5, 5.41) is 36.2. The number of aliphatic hydroxyl groups excluding tert-OH is 1. The minimum Gasteiger partial charge on any atom is -0.480 e. The Labute approximate surface area is 150 Å². The number of aliphatic carboxylic acids is 3. The second-order valence-electron chi connectivity index (χ2n) is 5.53. The molecule has 144 valence electrons. The number of carbonyl (C=O) groups is 4. The highest BCUT2D eigenvalue weighted by Gasteiger charge is 2.28. The average molecular weight is 379 g/mol. The van der Waals surface area contributed by atoms with E-state index in [1.54, 1.807) is 0 Å². The molecule has 2 atom stereocenters. The SMILES string of the molecule is CCC(O)CCC(=O)CSCCC(C(=O)O)N(CC(=O)O)CC(=O)O. The van der Waals surface area contributed by atoms with Crippen molar-refractivity contribution < 1.29 is 39.6 Å². The number of hydrogen-bond acceptors (Lipinski definition) is 7. The topological polar surface area (TPSA) is 152 Å². The van der Waals surface area contributed by atoms with Crippen LogP contribution < -0.4 is 0 Å². The van der Waals surface area contributed by atoms with E-state index in [0.29, 0.717) is 12.8 Å². The summed E-state index contributed by atoms with van der Waals surface area (Å²) in [6.07, 6.45) is 0.716. The fraction of sp³-hybridized carbons (Fsp3) is 0.733. The summed E-state index contributed by atoms with van der Waals surface area (Å²) in [5.41, 5.74) is 0. The van der Waals surface area contributed by atoms with Crippen molar-refractivity contribution in [1.29, 1.82) is 0 Å². The fourth-order valence-electron chi connectivity index (χ4n) is 2.07. The van der Waals surface area contributed by atoms with Gasteiger partial charge in [-0.2, -0.15) is 11.8 Å². The summed E-state index contributed by atoms with van der Waals surface area (Å²) in [6.45, 7) is 0.430. The van der Waals surface area contributed by atoms with Gasteiger partial charge in [0.2, 0.25) is 0 Å². The van der Waals surface area contributed by atoms with Gasteiger partial charge in [-0.15, -0.1) is 0 Å². The molecule has 0 aromatic rings. The van der Waals surface area contributed by atoms with Crippen LogP contribution in [0.4, 0.5) is 0 Å². The number of thioether (sulfide) groups is 1. The maximum Gasteiger partial charge on any atom is 0.320 e. The first-order valence-corrected chi connectivity index (χ1v) is 9.00. The van der Waals surface area contributed by atoms with Gasteiger partial charge in [0.15, 0.2) is 0 Å². The van der Waals surface area contributed by atoms with Crippen molar-refractivity contribution in [3.63, 3.8) is 0 Å². The third-order valence-electron chi connectivity index (χ3n) is 3.43. The van der Waals surface area contributed by atoms with Gasteiger partial charge < -0.3 is 20.4 Å². The number of carboxylic acid groups (broad SMARTS) is 3. The van der Waals surface area contributed by atoms with E-state index in [2.05, 4.69) is 0 Å². The molecule has 10 heteroatoms. The second kappa shape index (κ2) is 12.7. The first-order chi connectivity index (χ1) is 11.7. The molecule has 0 bridgehead atoms. The van der Waals surface area contributed by atoms with E-state index in [1.165, 1.54) is 11.8 Å². The predicted octanol–water partition coefficient (Wildman–Crippen LogP) is 0.154. The number of ketones is 1. The fourth-order valence-corrected chi connectivity index (χ4v) is 2.98. The lowest BCUT2D eigenvalue weighted by molar-refractivity contribution is -0.149. The minimum atomic E-state index is -1.31. The quantitative estimate of drug-likeness (QED) is 0.289. The largest absolute Gasteiger partial charge is 0.480 e. The van der Waals surface area contributed by atoms with Gasteiger partial charge in [0.25, 0.3) is 0 Å². The van der Waals surface area contributed by atoms with Crippen LogP contribution in [0.3, 0.4) is 0 Å². The number of carbonyl (C=O) groups excluding carboxylic acids is 1. The third kappa shape index (κ3) is 11.5. The first-order valence-electron chi connectivity index (χ1n) is 7.85. The van der Waals surface area contributed by atoms with Crippen LogP contribution in [0.2, 0.25) is 0 Å². The van der Waals surface area contributed by atoms with E-state index in [4.69, 9.17) is 10.2 Å². The first kappa shape index (κ1) is 23.4. The molecule has 0 heterocycles. The zero-order chi connectivity index (χ0) is 19.4. The molecule has 0 aromatic heterocycles. The van der Waals surface area contributed by atoms with Crippen molar-refractivity contribution in [2.75, 3.05) is 24.6 Å². The zero-order valence-corrected chi connectivity index (χ0v) is 14.9. The molecule has 0 saturated heterocycles. The van der Waals surface area contributed by atoms with Gasteiger partial charge in [0, 0.05) is 6.42 Å². The molecule has 0 aromatic carbocycles. The lowest BCUT2D eigenvalue weighted by Crippen LogP contribution is -2.46. The highest BCUT2D eigenvalue weighted by atomic mass is 32.2. The highest BCUT2D eigenvalue weighted by molar-refractivity contribution is 7.99. The molecular weight excluding hydrogens is 354 g/mol. The smallest absolute Gasteiger partial charge is 0.320 e. The van der Waals surface area contributed by atoms with Crippen LogP contribution in [0, 0.1) is 0 Å². The molecule has 0 rings (SSSR count). The maximum absolute atomic E-state index is 11.7. The number of carboxylic acids is 3. The summed E-state index contributed by atoms with van der Waals surface area (Å²) in [4.78, 5) is 45.4. The van der Waals surface area contributed by atoms with Crippen molar-refractivity contribution in [2.24, 2.45) is 0 Å². The van der Waals surface area contributed by atoms with Gasteiger partial charge in [-0.3, -0.25) is 24.1 Å². The van der Waals surface area contributed by atoms with E-state index in [1.807, 2.05) is 6.92 Å². The second-order valence-corrected chi connectivity index (χ2v) is 6.63. The number of Topliss-reactive ketones (excluding diaryl/α,β-unsaturated/α-hetero) is 1. The van der Waals surface area contributed by atoms with Crippen LogP contribution in [0.5, 0.6) is 0 Å².